The molecule has 1 aliphatic carbocycles. The van der Waals surface area contributed by atoms with Gasteiger partial charge in [0.25, 0.3) is 0 Å². The minimum absolute atomic E-state index is 0.0835. The van der Waals surface area contributed by atoms with Crippen molar-refractivity contribution in [3.8, 4) is 5.75 Å². The molecular formula is C12H12O3. The summed E-state index contributed by atoms with van der Waals surface area (Å²) in [7, 11) is 1.63. The molecule has 0 saturated heterocycles. The Morgan fingerprint density at radius 1 is 1.53 bits per heavy atom. The highest BCUT2D eigenvalue weighted by atomic mass is 16.5. The van der Waals surface area contributed by atoms with Crippen molar-refractivity contribution in [3.05, 3.63) is 35.4 Å². The number of allylic oxidation sites excluding steroid dienone is 1. The number of methoxy groups -OCH3 is 1. The number of carboxylic acids is 1. The van der Waals surface area contributed by atoms with Crippen LogP contribution in [0.4, 0.5) is 0 Å². The van der Waals surface area contributed by atoms with Crippen LogP contribution in [0.3, 0.4) is 0 Å². The number of aliphatic carboxylic acids is 1. The number of benzene rings is 1. The maximum atomic E-state index is 10.6. The van der Waals surface area contributed by atoms with Crippen molar-refractivity contribution in [3.63, 3.8) is 0 Å². The molecule has 15 heavy (non-hydrogen) atoms. The molecule has 0 aliphatic heterocycles. The van der Waals surface area contributed by atoms with Gasteiger partial charge in [-0.25, -0.2) is 0 Å². The first-order chi connectivity index (χ1) is 7.22. The van der Waals surface area contributed by atoms with Gasteiger partial charge in [0, 0.05) is 5.56 Å². The van der Waals surface area contributed by atoms with Crippen LogP contribution in [-0.2, 0) is 11.2 Å². The van der Waals surface area contributed by atoms with Crippen LogP contribution in [0.25, 0.3) is 5.57 Å². The van der Waals surface area contributed by atoms with E-state index in [-0.39, 0.29) is 6.42 Å². The average molecular weight is 204 g/mol. The number of fused-ring (bicyclic) bond motifs is 1. The maximum absolute atomic E-state index is 10.6. The molecule has 1 N–H and O–H groups in total. The van der Waals surface area contributed by atoms with Gasteiger partial charge in [-0.1, -0.05) is 18.2 Å². The third kappa shape index (κ3) is 1.73. The summed E-state index contributed by atoms with van der Waals surface area (Å²) < 4.78 is 5.23. The zero-order valence-electron chi connectivity index (χ0n) is 8.49. The molecular weight excluding hydrogens is 192 g/mol. The van der Waals surface area contributed by atoms with Crippen LogP contribution in [-0.4, -0.2) is 18.2 Å². The van der Waals surface area contributed by atoms with Crippen LogP contribution in [0.1, 0.15) is 17.5 Å². The Morgan fingerprint density at radius 3 is 3.00 bits per heavy atom. The van der Waals surface area contributed by atoms with Gasteiger partial charge in [0.05, 0.1) is 13.5 Å². The van der Waals surface area contributed by atoms with E-state index in [1.54, 1.807) is 7.11 Å². The Morgan fingerprint density at radius 2 is 2.33 bits per heavy atom. The molecule has 0 bridgehead atoms. The third-order valence-corrected chi connectivity index (χ3v) is 2.59. The zero-order valence-corrected chi connectivity index (χ0v) is 8.49. The predicted octanol–water partition coefficient (Wildman–Crippen LogP) is 2.11. The Labute approximate surface area is 88.0 Å². The molecule has 3 heteroatoms. The van der Waals surface area contributed by atoms with Crippen molar-refractivity contribution in [1.82, 2.24) is 0 Å². The molecule has 0 spiro atoms. The number of hydrogen-bond acceptors (Lipinski definition) is 2. The van der Waals surface area contributed by atoms with Gasteiger partial charge >= 0.3 is 5.97 Å². The highest BCUT2D eigenvalue weighted by Gasteiger charge is 2.18. The van der Waals surface area contributed by atoms with E-state index in [9.17, 15) is 4.79 Å². The van der Waals surface area contributed by atoms with Gasteiger partial charge in [-0.2, -0.15) is 0 Å². The summed E-state index contributed by atoms with van der Waals surface area (Å²) in [6, 6.07) is 5.73. The van der Waals surface area contributed by atoms with E-state index in [2.05, 4.69) is 0 Å². The van der Waals surface area contributed by atoms with E-state index < -0.39 is 5.97 Å². The van der Waals surface area contributed by atoms with Crippen molar-refractivity contribution >= 4 is 11.5 Å². The van der Waals surface area contributed by atoms with Crippen molar-refractivity contribution in [2.75, 3.05) is 7.11 Å². The standard InChI is InChI=1S/C12H12O3/c1-15-11-4-2-3-9-8(7-12(13)14)5-6-10(9)11/h2-5H,6-7H2,1H3,(H,13,14). The Balaban J connectivity index is 2.36. The lowest BCUT2D eigenvalue weighted by Gasteiger charge is -2.08. The fraction of sp³-hybridized carbons (Fsp3) is 0.250. The average Bonchev–Trinajstić information content (AvgIpc) is 2.61. The predicted molar refractivity (Wildman–Crippen MR) is 56.9 cm³/mol. The third-order valence-electron chi connectivity index (χ3n) is 2.59. The molecule has 0 heterocycles. The van der Waals surface area contributed by atoms with Crippen molar-refractivity contribution < 1.29 is 14.6 Å². The molecule has 1 aliphatic rings. The molecule has 2 rings (SSSR count). The van der Waals surface area contributed by atoms with Gasteiger partial charge < -0.3 is 9.84 Å². The van der Waals surface area contributed by atoms with Crippen molar-refractivity contribution in [2.45, 2.75) is 12.8 Å². The van der Waals surface area contributed by atoms with E-state index in [0.29, 0.717) is 0 Å². The number of hydrogen-bond donors (Lipinski definition) is 1. The number of ether oxygens (including phenoxy) is 1. The Bertz CT molecular complexity index is 432. The monoisotopic (exact) mass is 204 g/mol. The Kier molecular flexibility index (Phi) is 2.46. The lowest BCUT2D eigenvalue weighted by atomic mass is 10.0. The second-order valence-electron chi connectivity index (χ2n) is 3.49. The van der Waals surface area contributed by atoms with Gasteiger partial charge in [-0.15, -0.1) is 0 Å². The first-order valence-electron chi connectivity index (χ1n) is 4.79. The quantitative estimate of drug-likeness (QED) is 0.820. The lowest BCUT2D eigenvalue weighted by molar-refractivity contribution is -0.135. The molecule has 0 radical (unpaired) electrons. The fourth-order valence-corrected chi connectivity index (χ4v) is 1.93. The van der Waals surface area contributed by atoms with Gasteiger partial charge in [0.1, 0.15) is 5.75 Å². The summed E-state index contributed by atoms with van der Waals surface area (Å²) in [4.78, 5) is 10.6. The molecule has 1 aromatic carbocycles. The first-order valence-corrected chi connectivity index (χ1v) is 4.79. The molecule has 1 aromatic rings. The molecule has 3 nitrogen and oxygen atoms in total. The molecule has 0 unspecified atom stereocenters. The van der Waals surface area contributed by atoms with Crippen LogP contribution in [0, 0.1) is 0 Å². The minimum atomic E-state index is -0.795. The maximum Gasteiger partial charge on any atom is 0.307 e. The van der Waals surface area contributed by atoms with Gasteiger partial charge in [0.15, 0.2) is 0 Å². The van der Waals surface area contributed by atoms with Crippen molar-refractivity contribution in [2.24, 2.45) is 0 Å². The van der Waals surface area contributed by atoms with E-state index in [4.69, 9.17) is 9.84 Å². The fourth-order valence-electron chi connectivity index (χ4n) is 1.93. The summed E-state index contributed by atoms with van der Waals surface area (Å²) in [5.74, 6) is 0.0426. The Hall–Kier alpha value is -1.77. The summed E-state index contributed by atoms with van der Waals surface area (Å²) >= 11 is 0. The van der Waals surface area contributed by atoms with Crippen LogP contribution >= 0.6 is 0 Å². The largest absolute Gasteiger partial charge is 0.496 e. The van der Waals surface area contributed by atoms with Gasteiger partial charge in [-0.05, 0) is 23.6 Å². The van der Waals surface area contributed by atoms with Gasteiger partial charge in [-0.3, -0.25) is 4.79 Å². The molecule has 0 saturated carbocycles. The second kappa shape index (κ2) is 3.77. The number of carbonyl (C=O) groups is 1. The van der Waals surface area contributed by atoms with E-state index in [1.165, 1.54) is 0 Å². The van der Waals surface area contributed by atoms with Gasteiger partial charge in [0.2, 0.25) is 0 Å². The summed E-state index contributed by atoms with van der Waals surface area (Å²) in [5, 5.41) is 8.75. The molecule has 78 valence electrons. The SMILES string of the molecule is COc1cccc2c1CC=C2CC(=O)O. The van der Waals surface area contributed by atoms with Crippen LogP contribution in [0.2, 0.25) is 0 Å². The normalized spacial score (nSPS) is 13.3. The molecule has 0 fully saturated rings. The van der Waals surface area contributed by atoms with E-state index in [1.807, 2.05) is 24.3 Å². The summed E-state index contributed by atoms with van der Waals surface area (Å²) in [5.41, 5.74) is 2.99. The second-order valence-corrected chi connectivity index (χ2v) is 3.49. The smallest absolute Gasteiger partial charge is 0.307 e. The molecule has 0 atom stereocenters. The van der Waals surface area contributed by atoms with Crippen LogP contribution < -0.4 is 4.74 Å². The first kappa shape index (κ1) is 9.77. The van der Waals surface area contributed by atoms with Crippen LogP contribution in [0.15, 0.2) is 24.3 Å². The summed E-state index contributed by atoms with van der Waals surface area (Å²) in [6.45, 7) is 0. The number of carboxylic acid groups (broad SMARTS) is 1. The highest BCUT2D eigenvalue weighted by Crippen LogP contribution is 2.35. The summed E-state index contributed by atoms with van der Waals surface area (Å²) in [6.07, 6.45) is 2.81. The zero-order chi connectivity index (χ0) is 10.8. The minimum Gasteiger partial charge on any atom is -0.496 e. The molecule has 0 amide bonds. The highest BCUT2D eigenvalue weighted by molar-refractivity contribution is 5.87. The lowest BCUT2D eigenvalue weighted by Crippen LogP contribution is -1.96. The molecule has 0 aromatic heterocycles. The van der Waals surface area contributed by atoms with Crippen molar-refractivity contribution in [1.29, 1.82) is 0 Å². The van der Waals surface area contributed by atoms with Crippen LogP contribution in [0.5, 0.6) is 5.75 Å². The topological polar surface area (TPSA) is 46.5 Å². The number of rotatable bonds is 3. The van der Waals surface area contributed by atoms with E-state index >= 15 is 0 Å². The van der Waals surface area contributed by atoms with E-state index in [0.717, 1.165) is 28.9 Å².